The van der Waals surface area contributed by atoms with Crippen molar-refractivity contribution in [2.45, 2.75) is 37.3 Å². The Kier molecular flexibility index (Phi) is 5.77. The second-order valence-electron chi connectivity index (χ2n) is 4.36. The first-order valence-corrected chi connectivity index (χ1v) is 7.94. The third-order valence-corrected chi connectivity index (χ3v) is 3.60. The van der Waals surface area contributed by atoms with E-state index in [1.807, 2.05) is 0 Å². The van der Waals surface area contributed by atoms with Crippen LogP contribution in [0.1, 0.15) is 19.8 Å². The minimum Gasteiger partial charge on any atom is -0.392 e. The fraction of sp³-hybridized carbons (Fsp3) is 0.727. The first kappa shape index (κ1) is 15.1. The SMILES string of the molecule is CCCNCC(O)CCn1cc(S(C)(=O)=O)cn1. The predicted molar refractivity (Wildman–Crippen MR) is 69.1 cm³/mol. The number of nitrogens with zero attached hydrogens (tertiary/aromatic N) is 2. The molecular formula is C11H21N3O3S. The maximum Gasteiger partial charge on any atom is 0.178 e. The lowest BCUT2D eigenvalue weighted by molar-refractivity contribution is 0.154. The molecule has 0 radical (unpaired) electrons. The quantitative estimate of drug-likeness (QED) is 0.654. The van der Waals surface area contributed by atoms with Crippen LogP contribution < -0.4 is 5.32 Å². The van der Waals surface area contributed by atoms with Crippen LogP contribution in [0.3, 0.4) is 0 Å². The Morgan fingerprint density at radius 2 is 2.28 bits per heavy atom. The fourth-order valence-electron chi connectivity index (χ4n) is 1.49. The Labute approximate surface area is 108 Å². The molecule has 1 unspecified atom stereocenters. The van der Waals surface area contributed by atoms with Gasteiger partial charge in [0.2, 0.25) is 0 Å². The Hall–Kier alpha value is -0.920. The number of hydrogen-bond acceptors (Lipinski definition) is 5. The van der Waals surface area contributed by atoms with Gasteiger partial charge in [0.05, 0.1) is 12.3 Å². The molecule has 104 valence electrons. The number of aromatic nitrogens is 2. The van der Waals surface area contributed by atoms with Crippen LogP contribution in [-0.4, -0.2) is 48.8 Å². The first-order valence-electron chi connectivity index (χ1n) is 6.04. The molecule has 18 heavy (non-hydrogen) atoms. The number of nitrogens with one attached hydrogen (secondary N) is 1. The average Bonchev–Trinajstić information content (AvgIpc) is 2.75. The molecular weight excluding hydrogens is 254 g/mol. The molecule has 1 aromatic heterocycles. The second-order valence-corrected chi connectivity index (χ2v) is 6.37. The lowest BCUT2D eigenvalue weighted by Crippen LogP contribution is -2.28. The maximum atomic E-state index is 11.2. The highest BCUT2D eigenvalue weighted by molar-refractivity contribution is 7.90. The maximum absolute atomic E-state index is 11.2. The normalized spacial score (nSPS) is 13.7. The summed E-state index contributed by atoms with van der Waals surface area (Å²) in [7, 11) is -3.20. The Balaban J connectivity index is 2.37. The van der Waals surface area contributed by atoms with E-state index < -0.39 is 15.9 Å². The van der Waals surface area contributed by atoms with E-state index in [0.717, 1.165) is 19.2 Å². The van der Waals surface area contributed by atoms with Gasteiger partial charge in [0, 0.05) is 25.5 Å². The van der Waals surface area contributed by atoms with E-state index in [9.17, 15) is 13.5 Å². The van der Waals surface area contributed by atoms with Gasteiger partial charge in [0.1, 0.15) is 4.90 Å². The highest BCUT2D eigenvalue weighted by Gasteiger charge is 2.10. The third kappa shape index (κ3) is 5.16. The fourth-order valence-corrected chi connectivity index (χ4v) is 2.04. The molecule has 0 aliphatic heterocycles. The van der Waals surface area contributed by atoms with Gasteiger partial charge in [-0.3, -0.25) is 4.68 Å². The lowest BCUT2D eigenvalue weighted by Gasteiger charge is -2.11. The molecule has 0 aromatic carbocycles. The van der Waals surface area contributed by atoms with E-state index in [-0.39, 0.29) is 4.90 Å². The summed E-state index contributed by atoms with van der Waals surface area (Å²) in [6.45, 7) is 4.01. The van der Waals surface area contributed by atoms with Crippen molar-refractivity contribution >= 4 is 9.84 Å². The van der Waals surface area contributed by atoms with Gasteiger partial charge in [-0.25, -0.2) is 8.42 Å². The first-order chi connectivity index (χ1) is 8.43. The molecule has 2 N–H and O–H groups in total. The zero-order chi connectivity index (χ0) is 13.6. The Bertz CT molecular complexity index is 456. The summed E-state index contributed by atoms with van der Waals surface area (Å²) in [4.78, 5) is 0.209. The summed E-state index contributed by atoms with van der Waals surface area (Å²) in [6, 6.07) is 0. The summed E-state index contributed by atoms with van der Waals surface area (Å²) >= 11 is 0. The van der Waals surface area contributed by atoms with Gasteiger partial charge in [-0.15, -0.1) is 0 Å². The van der Waals surface area contributed by atoms with Crippen molar-refractivity contribution in [3.8, 4) is 0 Å². The van der Waals surface area contributed by atoms with Gasteiger partial charge in [-0.2, -0.15) is 5.10 Å². The molecule has 6 nitrogen and oxygen atoms in total. The molecule has 0 spiro atoms. The molecule has 1 rings (SSSR count). The molecule has 1 atom stereocenters. The smallest absolute Gasteiger partial charge is 0.178 e. The minimum atomic E-state index is -3.20. The van der Waals surface area contributed by atoms with Crippen LogP contribution in [0.4, 0.5) is 0 Å². The lowest BCUT2D eigenvalue weighted by atomic mass is 10.2. The zero-order valence-electron chi connectivity index (χ0n) is 10.8. The molecule has 0 fully saturated rings. The van der Waals surface area contributed by atoms with Crippen molar-refractivity contribution in [2.24, 2.45) is 0 Å². The Morgan fingerprint density at radius 3 is 2.83 bits per heavy atom. The third-order valence-electron chi connectivity index (χ3n) is 2.54. The van der Waals surface area contributed by atoms with Crippen molar-refractivity contribution < 1.29 is 13.5 Å². The summed E-state index contributed by atoms with van der Waals surface area (Å²) < 4.78 is 24.0. The molecule has 0 bridgehead atoms. The summed E-state index contributed by atoms with van der Waals surface area (Å²) in [6.07, 6.45) is 5.10. The highest BCUT2D eigenvalue weighted by Crippen LogP contribution is 2.07. The van der Waals surface area contributed by atoms with E-state index in [0.29, 0.717) is 19.5 Å². The summed E-state index contributed by atoms with van der Waals surface area (Å²) in [5.74, 6) is 0. The largest absolute Gasteiger partial charge is 0.392 e. The standard InChI is InChI=1S/C11H21N3O3S/c1-3-5-12-7-10(15)4-6-14-9-11(8-13-14)18(2,16)17/h8-10,12,15H,3-7H2,1-2H3. The van der Waals surface area contributed by atoms with E-state index in [4.69, 9.17) is 0 Å². The van der Waals surface area contributed by atoms with Crippen LogP contribution >= 0.6 is 0 Å². The second kappa shape index (κ2) is 6.86. The molecule has 0 aliphatic rings. The number of hydrogen-bond donors (Lipinski definition) is 2. The molecule has 1 aromatic rings. The van der Waals surface area contributed by atoms with Crippen molar-refractivity contribution in [3.63, 3.8) is 0 Å². The van der Waals surface area contributed by atoms with Crippen molar-refractivity contribution in [1.29, 1.82) is 0 Å². The van der Waals surface area contributed by atoms with Crippen LogP contribution in [0.5, 0.6) is 0 Å². The van der Waals surface area contributed by atoms with E-state index >= 15 is 0 Å². The van der Waals surface area contributed by atoms with Gasteiger partial charge in [0.15, 0.2) is 9.84 Å². The Morgan fingerprint density at radius 1 is 1.56 bits per heavy atom. The molecule has 7 heteroatoms. The zero-order valence-corrected chi connectivity index (χ0v) is 11.7. The van der Waals surface area contributed by atoms with Crippen LogP contribution in [0.15, 0.2) is 17.3 Å². The van der Waals surface area contributed by atoms with Crippen molar-refractivity contribution in [1.82, 2.24) is 15.1 Å². The van der Waals surface area contributed by atoms with E-state index in [1.165, 1.54) is 12.4 Å². The number of aliphatic hydroxyl groups is 1. The van der Waals surface area contributed by atoms with Crippen LogP contribution in [0.2, 0.25) is 0 Å². The molecule has 0 saturated carbocycles. The topological polar surface area (TPSA) is 84.2 Å². The summed E-state index contributed by atoms with van der Waals surface area (Å²) in [5, 5.41) is 16.8. The van der Waals surface area contributed by atoms with E-state index in [1.54, 1.807) is 4.68 Å². The monoisotopic (exact) mass is 275 g/mol. The molecule has 0 amide bonds. The number of aryl methyl sites for hydroxylation is 1. The van der Waals surface area contributed by atoms with Crippen LogP contribution in [0, 0.1) is 0 Å². The minimum absolute atomic E-state index is 0.209. The van der Waals surface area contributed by atoms with Crippen molar-refractivity contribution in [2.75, 3.05) is 19.3 Å². The highest BCUT2D eigenvalue weighted by atomic mass is 32.2. The van der Waals surface area contributed by atoms with Gasteiger partial charge in [-0.1, -0.05) is 6.92 Å². The molecule has 1 heterocycles. The van der Waals surface area contributed by atoms with Gasteiger partial charge >= 0.3 is 0 Å². The number of sulfone groups is 1. The van der Waals surface area contributed by atoms with Crippen LogP contribution in [-0.2, 0) is 16.4 Å². The molecule has 0 saturated heterocycles. The average molecular weight is 275 g/mol. The van der Waals surface area contributed by atoms with Gasteiger partial charge < -0.3 is 10.4 Å². The van der Waals surface area contributed by atoms with Crippen LogP contribution in [0.25, 0.3) is 0 Å². The van der Waals surface area contributed by atoms with Crippen molar-refractivity contribution in [3.05, 3.63) is 12.4 Å². The van der Waals surface area contributed by atoms with Gasteiger partial charge in [-0.05, 0) is 19.4 Å². The van der Waals surface area contributed by atoms with E-state index in [2.05, 4.69) is 17.3 Å². The van der Waals surface area contributed by atoms with Gasteiger partial charge in [0.25, 0.3) is 0 Å². The summed E-state index contributed by atoms with van der Waals surface area (Å²) in [5.41, 5.74) is 0. The predicted octanol–water partition coefficient (Wildman–Crippen LogP) is 0.0372. The number of aliphatic hydroxyl groups excluding tert-OH is 1. The molecule has 0 aliphatic carbocycles. The number of rotatable bonds is 8.